The fourth-order valence-corrected chi connectivity index (χ4v) is 4.46. The fraction of sp³-hybridized carbons (Fsp3) is 0.435. The topological polar surface area (TPSA) is 66.1 Å². The lowest BCUT2D eigenvalue weighted by atomic mass is 9.79. The first-order chi connectivity index (χ1) is 14.1. The lowest BCUT2D eigenvalue weighted by Gasteiger charge is -2.28. The summed E-state index contributed by atoms with van der Waals surface area (Å²) in [6, 6.07) is 9.56. The molecule has 1 fully saturated rings. The van der Waals surface area contributed by atoms with Crippen LogP contribution in [0.4, 0.5) is 0 Å². The third-order valence-electron chi connectivity index (χ3n) is 6.22. The number of ether oxygens (including phenoxy) is 1. The molecular weight excluding hydrogens is 366 g/mol. The number of carbonyl (C=O) groups is 1. The number of Topliss-reactive ketones (excluding diaryl/α,β-unsaturated/α-hetero) is 1. The first-order valence-corrected chi connectivity index (χ1v) is 10.2. The van der Waals surface area contributed by atoms with Crippen molar-refractivity contribution in [2.24, 2.45) is 18.9 Å². The first-order valence-electron chi connectivity index (χ1n) is 10.2. The normalized spacial score (nSPS) is 19.4. The van der Waals surface area contributed by atoms with Crippen molar-refractivity contribution in [3.05, 3.63) is 58.8 Å². The summed E-state index contributed by atoms with van der Waals surface area (Å²) < 4.78 is 8.90. The van der Waals surface area contributed by atoms with Gasteiger partial charge in [-0.2, -0.15) is 0 Å². The predicted molar refractivity (Wildman–Crippen MR) is 112 cm³/mol. The highest BCUT2D eigenvalue weighted by molar-refractivity contribution is 5.83. The molecule has 6 nitrogen and oxygen atoms in total. The highest BCUT2D eigenvalue weighted by atomic mass is 16.5. The molecule has 0 radical (unpaired) electrons. The van der Waals surface area contributed by atoms with E-state index in [2.05, 4.69) is 4.98 Å². The largest absolute Gasteiger partial charge is 0.497 e. The van der Waals surface area contributed by atoms with Crippen LogP contribution in [-0.2, 0) is 24.8 Å². The van der Waals surface area contributed by atoms with E-state index in [-0.39, 0.29) is 11.6 Å². The Bertz CT molecular complexity index is 1060. The van der Waals surface area contributed by atoms with E-state index in [9.17, 15) is 9.59 Å². The molecule has 1 aromatic carbocycles. The average molecular weight is 393 g/mol. The molecule has 1 aliphatic rings. The number of rotatable bonds is 6. The lowest BCUT2D eigenvalue weighted by Crippen LogP contribution is -2.29. The number of pyridine rings is 1. The summed E-state index contributed by atoms with van der Waals surface area (Å²) in [7, 11) is 3.44. The van der Waals surface area contributed by atoms with Gasteiger partial charge < -0.3 is 4.74 Å². The number of aryl methyl sites for hydroxylation is 1. The van der Waals surface area contributed by atoms with Gasteiger partial charge in [0, 0.05) is 44.4 Å². The second-order valence-electron chi connectivity index (χ2n) is 8.02. The Morgan fingerprint density at radius 2 is 1.83 bits per heavy atom. The first kappa shape index (κ1) is 19.4. The minimum absolute atomic E-state index is 0.00383. The summed E-state index contributed by atoms with van der Waals surface area (Å²) in [6.45, 7) is 0.689. The van der Waals surface area contributed by atoms with E-state index in [0.717, 1.165) is 48.0 Å². The number of imidazole rings is 1. The zero-order valence-electron chi connectivity index (χ0n) is 17.0. The van der Waals surface area contributed by atoms with Gasteiger partial charge in [0.2, 0.25) is 0 Å². The van der Waals surface area contributed by atoms with Crippen LogP contribution >= 0.6 is 0 Å². The van der Waals surface area contributed by atoms with Crippen molar-refractivity contribution in [2.75, 3.05) is 7.11 Å². The quantitative estimate of drug-likeness (QED) is 0.644. The van der Waals surface area contributed by atoms with E-state index in [1.54, 1.807) is 24.1 Å². The van der Waals surface area contributed by atoms with Gasteiger partial charge in [-0.1, -0.05) is 0 Å². The predicted octanol–water partition coefficient (Wildman–Crippen LogP) is 3.36. The van der Waals surface area contributed by atoms with Crippen LogP contribution in [0.5, 0.6) is 5.75 Å². The summed E-state index contributed by atoms with van der Waals surface area (Å²) in [4.78, 5) is 29.4. The van der Waals surface area contributed by atoms with E-state index < -0.39 is 0 Å². The van der Waals surface area contributed by atoms with Crippen molar-refractivity contribution in [3.63, 3.8) is 0 Å². The number of nitrogens with zero attached hydrogens (tertiary/aromatic N) is 3. The highest BCUT2D eigenvalue weighted by Gasteiger charge is 2.27. The smallest absolute Gasteiger partial charge is 0.328 e. The zero-order valence-corrected chi connectivity index (χ0v) is 17.0. The third-order valence-corrected chi connectivity index (χ3v) is 6.22. The van der Waals surface area contributed by atoms with Gasteiger partial charge in [0.25, 0.3) is 0 Å². The van der Waals surface area contributed by atoms with Crippen molar-refractivity contribution >= 4 is 16.8 Å². The molecule has 0 bridgehead atoms. The monoisotopic (exact) mass is 393 g/mol. The van der Waals surface area contributed by atoms with Gasteiger partial charge in [0.05, 0.1) is 18.1 Å². The number of hydrogen-bond acceptors (Lipinski definition) is 4. The highest BCUT2D eigenvalue weighted by Crippen LogP contribution is 2.32. The second kappa shape index (κ2) is 8.23. The molecule has 0 atom stereocenters. The van der Waals surface area contributed by atoms with Crippen LogP contribution in [0, 0.1) is 11.8 Å². The zero-order chi connectivity index (χ0) is 20.4. The summed E-state index contributed by atoms with van der Waals surface area (Å²) in [5, 5.41) is 0. The number of benzene rings is 1. The van der Waals surface area contributed by atoms with Gasteiger partial charge in [-0.25, -0.2) is 4.79 Å². The van der Waals surface area contributed by atoms with Crippen LogP contribution < -0.4 is 10.4 Å². The van der Waals surface area contributed by atoms with Crippen LogP contribution in [0.3, 0.4) is 0 Å². The second-order valence-corrected chi connectivity index (χ2v) is 8.02. The van der Waals surface area contributed by atoms with Gasteiger partial charge in [-0.3, -0.25) is 18.9 Å². The molecule has 0 amide bonds. The summed E-state index contributed by atoms with van der Waals surface area (Å²) in [5.41, 5.74) is 2.86. The Morgan fingerprint density at radius 3 is 2.52 bits per heavy atom. The van der Waals surface area contributed by atoms with Crippen LogP contribution in [0.25, 0.3) is 11.0 Å². The minimum Gasteiger partial charge on any atom is -0.497 e. The van der Waals surface area contributed by atoms with E-state index in [1.165, 1.54) is 0 Å². The van der Waals surface area contributed by atoms with Crippen molar-refractivity contribution in [2.45, 2.75) is 38.6 Å². The van der Waals surface area contributed by atoms with E-state index in [1.807, 2.05) is 41.9 Å². The van der Waals surface area contributed by atoms with Crippen molar-refractivity contribution in [3.8, 4) is 5.75 Å². The number of methoxy groups -OCH3 is 1. The number of carbonyl (C=O) groups excluding carboxylic acids is 1. The molecule has 2 aromatic heterocycles. The number of aromatic nitrogens is 3. The van der Waals surface area contributed by atoms with E-state index in [0.29, 0.717) is 24.7 Å². The fourth-order valence-electron chi connectivity index (χ4n) is 4.46. The maximum atomic E-state index is 12.8. The summed E-state index contributed by atoms with van der Waals surface area (Å²) in [6.07, 6.45) is 7.70. The molecule has 0 N–H and O–H groups in total. The molecule has 0 spiro atoms. The standard InChI is InChI=1S/C23H27N3O3/c1-25-20-8-7-19(29-2)14-21(20)26(23(25)28)15-17-3-5-18(6-4-17)22(27)13-16-9-11-24-12-10-16/h7-12,14,17-18H,3-6,13,15H2,1-2H3. The molecule has 0 saturated heterocycles. The van der Waals surface area contributed by atoms with Crippen molar-refractivity contribution in [1.29, 1.82) is 0 Å². The van der Waals surface area contributed by atoms with Crippen LogP contribution in [-0.4, -0.2) is 27.0 Å². The molecule has 1 saturated carbocycles. The Morgan fingerprint density at radius 1 is 1.10 bits per heavy atom. The van der Waals surface area contributed by atoms with Gasteiger partial charge in [0.1, 0.15) is 11.5 Å². The number of hydrogen-bond donors (Lipinski definition) is 0. The molecule has 2 heterocycles. The van der Waals surface area contributed by atoms with Gasteiger partial charge in [-0.15, -0.1) is 0 Å². The third kappa shape index (κ3) is 3.97. The molecule has 29 heavy (non-hydrogen) atoms. The van der Waals surface area contributed by atoms with E-state index >= 15 is 0 Å². The lowest BCUT2D eigenvalue weighted by molar-refractivity contribution is -0.123. The average Bonchev–Trinajstić information content (AvgIpc) is 2.99. The maximum absolute atomic E-state index is 12.8. The number of ketones is 1. The molecule has 3 aromatic rings. The molecule has 0 unspecified atom stereocenters. The van der Waals surface area contributed by atoms with E-state index in [4.69, 9.17) is 4.74 Å². The number of fused-ring (bicyclic) bond motifs is 1. The Hall–Kier alpha value is -2.89. The Kier molecular flexibility index (Phi) is 5.51. The summed E-state index contributed by atoms with van der Waals surface area (Å²) in [5.74, 6) is 1.61. The SMILES string of the molecule is COc1ccc2c(c1)n(CC1CCC(C(=O)Cc3ccncc3)CC1)c(=O)n2C. The van der Waals surface area contributed by atoms with Crippen LogP contribution in [0.1, 0.15) is 31.2 Å². The van der Waals surface area contributed by atoms with Crippen LogP contribution in [0.2, 0.25) is 0 Å². The minimum atomic E-state index is 0.00383. The molecule has 152 valence electrons. The molecule has 1 aliphatic carbocycles. The Labute approximate surface area is 170 Å². The van der Waals surface area contributed by atoms with Crippen molar-refractivity contribution in [1.82, 2.24) is 14.1 Å². The maximum Gasteiger partial charge on any atom is 0.328 e. The van der Waals surface area contributed by atoms with Crippen LogP contribution in [0.15, 0.2) is 47.5 Å². The molecule has 0 aliphatic heterocycles. The molecule has 6 heteroatoms. The van der Waals surface area contributed by atoms with Gasteiger partial charge >= 0.3 is 5.69 Å². The Balaban J connectivity index is 1.43. The van der Waals surface area contributed by atoms with Gasteiger partial charge in [0.15, 0.2) is 0 Å². The molecule has 4 rings (SSSR count). The van der Waals surface area contributed by atoms with Gasteiger partial charge in [-0.05, 0) is 61.4 Å². The van der Waals surface area contributed by atoms with Crippen molar-refractivity contribution < 1.29 is 9.53 Å². The molecular formula is C23H27N3O3. The summed E-state index contributed by atoms with van der Waals surface area (Å²) >= 11 is 0.